The molecule has 156 valence electrons. The summed E-state index contributed by atoms with van der Waals surface area (Å²) in [6.45, 7) is 3.19. The number of esters is 1. The van der Waals surface area contributed by atoms with Crippen molar-refractivity contribution < 1.29 is 19.4 Å². The van der Waals surface area contributed by atoms with Crippen molar-refractivity contribution in [1.29, 1.82) is 0 Å². The van der Waals surface area contributed by atoms with Gasteiger partial charge in [-0.05, 0) is 88.2 Å². The van der Waals surface area contributed by atoms with Crippen LogP contribution in [0.3, 0.4) is 0 Å². The number of hydrogen-bond acceptors (Lipinski definition) is 5. The van der Waals surface area contributed by atoms with E-state index in [9.17, 15) is 9.59 Å². The molecule has 28 heavy (non-hydrogen) atoms. The van der Waals surface area contributed by atoms with E-state index in [0.717, 1.165) is 31.2 Å². The van der Waals surface area contributed by atoms with Crippen molar-refractivity contribution in [2.24, 2.45) is 17.6 Å². The van der Waals surface area contributed by atoms with E-state index in [0.29, 0.717) is 24.6 Å². The lowest BCUT2D eigenvalue weighted by molar-refractivity contribution is -0.140. The molecule has 1 aromatic carbocycles. The van der Waals surface area contributed by atoms with E-state index in [2.05, 4.69) is 5.32 Å². The highest BCUT2D eigenvalue weighted by atomic mass is 16.5. The zero-order valence-corrected chi connectivity index (χ0v) is 16.7. The topological polar surface area (TPSA) is 102 Å². The minimum atomic E-state index is -0.816. The highest BCUT2D eigenvalue weighted by Gasteiger charge is 2.27. The molecule has 4 N–H and O–H groups in total. The number of aryl methyl sites for hydroxylation is 1. The molecule has 2 fully saturated rings. The molecule has 3 rings (SSSR count). The van der Waals surface area contributed by atoms with Crippen LogP contribution in [0, 0.1) is 11.8 Å². The maximum absolute atomic E-state index is 12.1. The maximum atomic E-state index is 12.1. The van der Waals surface area contributed by atoms with Crippen LogP contribution in [-0.2, 0) is 16.0 Å². The van der Waals surface area contributed by atoms with Gasteiger partial charge in [-0.15, -0.1) is 0 Å². The quantitative estimate of drug-likeness (QED) is 0.509. The Hall–Kier alpha value is -1.92. The van der Waals surface area contributed by atoms with Gasteiger partial charge in [0.05, 0.1) is 5.92 Å². The van der Waals surface area contributed by atoms with Crippen LogP contribution in [0.15, 0.2) is 24.3 Å². The minimum absolute atomic E-state index is 0.0329. The van der Waals surface area contributed by atoms with Crippen LogP contribution in [0.1, 0.15) is 56.9 Å². The standard InChI is InChI=1S/C17H23NO4.C5H11N/c18-11-13-1-6-14(7-2-13)17(21)22-15-8-3-12(4-9-15)5-10-16(19)20;1-2-4-6-5-3-1/h3-4,8-9,13-14H,1-2,5-7,10-11,18H2,(H,19,20);6H,1-5H2. The summed E-state index contributed by atoms with van der Waals surface area (Å²) in [5.41, 5.74) is 6.57. The molecule has 6 nitrogen and oxygen atoms in total. The first-order valence-corrected chi connectivity index (χ1v) is 10.5. The van der Waals surface area contributed by atoms with Gasteiger partial charge in [0.25, 0.3) is 0 Å². The molecule has 6 heteroatoms. The van der Waals surface area contributed by atoms with Crippen LogP contribution in [0.4, 0.5) is 0 Å². The molecule has 1 saturated carbocycles. The van der Waals surface area contributed by atoms with Crippen LogP contribution >= 0.6 is 0 Å². The molecule has 1 aliphatic heterocycles. The molecular formula is C22H34N2O4. The summed E-state index contributed by atoms with van der Waals surface area (Å²) < 4.78 is 5.42. The summed E-state index contributed by atoms with van der Waals surface area (Å²) in [6, 6.07) is 7.05. The van der Waals surface area contributed by atoms with E-state index in [4.69, 9.17) is 15.6 Å². The van der Waals surface area contributed by atoms with Crippen LogP contribution < -0.4 is 15.8 Å². The van der Waals surface area contributed by atoms with E-state index < -0.39 is 5.97 Å². The maximum Gasteiger partial charge on any atom is 0.314 e. The van der Waals surface area contributed by atoms with E-state index in [-0.39, 0.29) is 18.3 Å². The van der Waals surface area contributed by atoms with Crippen LogP contribution in [0.5, 0.6) is 5.75 Å². The molecule has 0 unspecified atom stereocenters. The monoisotopic (exact) mass is 390 g/mol. The fraction of sp³-hybridized carbons (Fsp3) is 0.636. The Bertz CT molecular complexity index is 580. The highest BCUT2D eigenvalue weighted by Crippen LogP contribution is 2.29. The number of carbonyl (C=O) groups excluding carboxylic acids is 1. The number of nitrogens with one attached hydrogen (secondary N) is 1. The second kappa shape index (κ2) is 12.5. The van der Waals surface area contributed by atoms with Crippen molar-refractivity contribution in [1.82, 2.24) is 5.32 Å². The molecule has 0 aromatic heterocycles. The highest BCUT2D eigenvalue weighted by molar-refractivity contribution is 5.75. The van der Waals surface area contributed by atoms with E-state index in [1.54, 1.807) is 24.3 Å². The molecular weight excluding hydrogens is 356 g/mol. The van der Waals surface area contributed by atoms with Gasteiger partial charge in [-0.1, -0.05) is 18.6 Å². The van der Waals surface area contributed by atoms with Crippen molar-refractivity contribution in [2.75, 3.05) is 19.6 Å². The average Bonchev–Trinajstić information content (AvgIpc) is 2.75. The van der Waals surface area contributed by atoms with E-state index in [1.807, 2.05) is 0 Å². The zero-order chi connectivity index (χ0) is 20.2. The van der Waals surface area contributed by atoms with Crippen molar-refractivity contribution in [2.45, 2.75) is 57.8 Å². The summed E-state index contributed by atoms with van der Waals surface area (Å²) in [7, 11) is 0. The largest absolute Gasteiger partial charge is 0.481 e. The third kappa shape index (κ3) is 8.40. The van der Waals surface area contributed by atoms with Gasteiger partial charge in [0, 0.05) is 6.42 Å². The van der Waals surface area contributed by atoms with Gasteiger partial charge in [-0.25, -0.2) is 0 Å². The molecule has 0 bridgehead atoms. The van der Waals surface area contributed by atoms with Crippen molar-refractivity contribution >= 4 is 11.9 Å². The lowest BCUT2D eigenvalue weighted by Crippen LogP contribution is -2.28. The van der Waals surface area contributed by atoms with Gasteiger partial charge in [0.15, 0.2) is 0 Å². The number of benzene rings is 1. The Morgan fingerprint density at radius 1 is 1.04 bits per heavy atom. The summed E-state index contributed by atoms with van der Waals surface area (Å²) >= 11 is 0. The predicted octanol–water partition coefficient (Wildman–Crippen LogP) is 3.13. The van der Waals surface area contributed by atoms with E-state index >= 15 is 0 Å². The van der Waals surface area contributed by atoms with Crippen molar-refractivity contribution in [3.8, 4) is 5.75 Å². The molecule has 1 aliphatic carbocycles. The van der Waals surface area contributed by atoms with Gasteiger partial charge in [0.2, 0.25) is 0 Å². The Morgan fingerprint density at radius 3 is 2.14 bits per heavy atom. The summed E-state index contributed by atoms with van der Waals surface area (Å²) in [6.07, 6.45) is 8.47. The first-order chi connectivity index (χ1) is 13.6. The first-order valence-electron chi connectivity index (χ1n) is 10.5. The number of carbonyl (C=O) groups is 2. The average molecular weight is 391 g/mol. The third-order valence-electron chi connectivity index (χ3n) is 5.49. The molecule has 1 saturated heterocycles. The summed E-state index contributed by atoms with van der Waals surface area (Å²) in [5.74, 6) is 0.0365. The lowest BCUT2D eigenvalue weighted by Gasteiger charge is -2.26. The molecule has 0 spiro atoms. The Balaban J connectivity index is 0.000000397. The number of rotatable bonds is 6. The zero-order valence-electron chi connectivity index (χ0n) is 16.7. The van der Waals surface area contributed by atoms with Crippen LogP contribution in [-0.4, -0.2) is 36.7 Å². The Labute approximate surface area is 167 Å². The molecule has 2 aliphatic rings. The van der Waals surface area contributed by atoms with Crippen LogP contribution in [0.25, 0.3) is 0 Å². The molecule has 0 amide bonds. The smallest absolute Gasteiger partial charge is 0.314 e. The second-order valence-corrected chi connectivity index (χ2v) is 7.72. The fourth-order valence-corrected chi connectivity index (χ4v) is 3.61. The fourth-order valence-electron chi connectivity index (χ4n) is 3.61. The third-order valence-corrected chi connectivity index (χ3v) is 5.49. The molecule has 1 heterocycles. The van der Waals surface area contributed by atoms with E-state index in [1.165, 1.54) is 32.4 Å². The summed E-state index contributed by atoms with van der Waals surface area (Å²) in [4.78, 5) is 22.7. The predicted molar refractivity (Wildman–Crippen MR) is 109 cm³/mol. The number of carboxylic acid groups (broad SMARTS) is 1. The van der Waals surface area contributed by atoms with Gasteiger partial charge in [-0.3, -0.25) is 9.59 Å². The molecule has 0 atom stereocenters. The summed E-state index contributed by atoms with van der Waals surface area (Å²) in [5, 5.41) is 11.9. The van der Waals surface area contributed by atoms with Crippen molar-refractivity contribution in [3.05, 3.63) is 29.8 Å². The van der Waals surface area contributed by atoms with Gasteiger partial charge in [0.1, 0.15) is 5.75 Å². The van der Waals surface area contributed by atoms with Gasteiger partial charge < -0.3 is 20.9 Å². The number of carboxylic acids is 1. The van der Waals surface area contributed by atoms with Gasteiger partial charge >= 0.3 is 11.9 Å². The number of ether oxygens (including phenoxy) is 1. The normalized spacial score (nSPS) is 21.9. The number of nitrogens with two attached hydrogens (primary N) is 1. The van der Waals surface area contributed by atoms with Gasteiger partial charge in [-0.2, -0.15) is 0 Å². The number of aliphatic carboxylic acids is 1. The molecule has 0 radical (unpaired) electrons. The van der Waals surface area contributed by atoms with Crippen molar-refractivity contribution in [3.63, 3.8) is 0 Å². The number of piperidine rings is 1. The Kier molecular flexibility index (Phi) is 10.0. The first kappa shape index (κ1) is 22.4. The SMILES string of the molecule is C1CCNCC1.NCC1CCC(C(=O)Oc2ccc(CCC(=O)O)cc2)CC1. The lowest BCUT2D eigenvalue weighted by atomic mass is 9.82. The minimum Gasteiger partial charge on any atom is -0.481 e. The number of hydrogen-bond donors (Lipinski definition) is 3. The Morgan fingerprint density at radius 2 is 1.68 bits per heavy atom. The second-order valence-electron chi connectivity index (χ2n) is 7.72. The van der Waals surface area contributed by atoms with Crippen LogP contribution in [0.2, 0.25) is 0 Å². The molecule has 1 aromatic rings.